The summed E-state index contributed by atoms with van der Waals surface area (Å²) in [4.78, 5) is 25.7. The standard InChI is InChI=1S/C15H23N3O3/c1-9(2)12-8-13(17(4)16-12)14(19)18-7-5-6-11(10(18)3)15(20)21/h8-11H,5-7H2,1-4H3,(H,20,21)/t10-,11-/m0/s1. The maximum atomic E-state index is 12.7. The first-order chi connectivity index (χ1) is 9.82. The average molecular weight is 293 g/mol. The van der Waals surface area contributed by atoms with Gasteiger partial charge < -0.3 is 10.0 Å². The van der Waals surface area contributed by atoms with E-state index in [1.807, 2.05) is 26.8 Å². The summed E-state index contributed by atoms with van der Waals surface area (Å²) in [5.41, 5.74) is 1.40. The summed E-state index contributed by atoms with van der Waals surface area (Å²) in [7, 11) is 1.75. The Hall–Kier alpha value is -1.85. The molecular weight excluding hydrogens is 270 g/mol. The first-order valence-electron chi connectivity index (χ1n) is 7.40. The van der Waals surface area contributed by atoms with Crippen LogP contribution in [0.4, 0.5) is 0 Å². The number of carbonyl (C=O) groups is 2. The van der Waals surface area contributed by atoms with Crippen LogP contribution in [-0.2, 0) is 11.8 Å². The van der Waals surface area contributed by atoms with E-state index in [-0.39, 0.29) is 17.9 Å². The van der Waals surface area contributed by atoms with Crippen LogP contribution < -0.4 is 0 Å². The predicted molar refractivity (Wildman–Crippen MR) is 78.2 cm³/mol. The van der Waals surface area contributed by atoms with Crippen molar-refractivity contribution in [2.24, 2.45) is 13.0 Å². The van der Waals surface area contributed by atoms with E-state index in [2.05, 4.69) is 5.10 Å². The van der Waals surface area contributed by atoms with Gasteiger partial charge >= 0.3 is 5.97 Å². The Morgan fingerprint density at radius 2 is 2.10 bits per heavy atom. The highest BCUT2D eigenvalue weighted by molar-refractivity contribution is 5.93. The molecule has 2 atom stereocenters. The van der Waals surface area contributed by atoms with Crippen LogP contribution in [-0.4, -0.2) is 44.3 Å². The van der Waals surface area contributed by atoms with Crippen LogP contribution in [0.1, 0.15) is 55.7 Å². The van der Waals surface area contributed by atoms with E-state index in [4.69, 9.17) is 0 Å². The molecule has 0 unspecified atom stereocenters. The Balaban J connectivity index is 2.25. The molecule has 6 heteroatoms. The predicted octanol–water partition coefficient (Wildman–Crippen LogP) is 1.87. The van der Waals surface area contributed by atoms with Crippen LogP contribution in [0, 0.1) is 5.92 Å². The molecular formula is C15H23N3O3. The van der Waals surface area contributed by atoms with E-state index in [0.717, 1.165) is 12.1 Å². The smallest absolute Gasteiger partial charge is 0.308 e. The Morgan fingerprint density at radius 1 is 1.43 bits per heavy atom. The molecule has 0 saturated carbocycles. The van der Waals surface area contributed by atoms with Crippen molar-refractivity contribution >= 4 is 11.9 Å². The summed E-state index contributed by atoms with van der Waals surface area (Å²) >= 11 is 0. The van der Waals surface area contributed by atoms with Crippen LogP contribution >= 0.6 is 0 Å². The minimum absolute atomic E-state index is 0.129. The normalized spacial score (nSPS) is 22.6. The summed E-state index contributed by atoms with van der Waals surface area (Å²) in [5.74, 6) is -1.19. The van der Waals surface area contributed by atoms with Gasteiger partial charge in [0.1, 0.15) is 5.69 Å². The van der Waals surface area contributed by atoms with Crippen LogP contribution in [0.3, 0.4) is 0 Å². The number of carbonyl (C=O) groups excluding carboxylic acids is 1. The molecule has 1 aliphatic rings. The van der Waals surface area contributed by atoms with Crippen LogP contribution in [0.2, 0.25) is 0 Å². The topological polar surface area (TPSA) is 75.4 Å². The third kappa shape index (κ3) is 2.94. The lowest BCUT2D eigenvalue weighted by Crippen LogP contribution is -2.49. The number of aryl methyl sites for hydroxylation is 1. The van der Waals surface area contributed by atoms with Crippen LogP contribution in [0.15, 0.2) is 6.07 Å². The van der Waals surface area contributed by atoms with Gasteiger partial charge in [0.05, 0.1) is 11.6 Å². The van der Waals surface area contributed by atoms with Gasteiger partial charge in [0.25, 0.3) is 5.91 Å². The Labute approximate surface area is 124 Å². The summed E-state index contributed by atoms with van der Waals surface area (Å²) in [6.45, 7) is 6.47. The molecule has 1 aromatic rings. The fourth-order valence-electron chi connectivity index (χ4n) is 2.88. The van der Waals surface area contributed by atoms with Gasteiger partial charge in [0.15, 0.2) is 0 Å². The molecule has 1 amide bonds. The number of hydrogen-bond donors (Lipinski definition) is 1. The first kappa shape index (κ1) is 15.5. The molecule has 2 heterocycles. The number of aromatic nitrogens is 2. The van der Waals surface area contributed by atoms with Gasteiger partial charge in [-0.2, -0.15) is 5.10 Å². The van der Waals surface area contributed by atoms with E-state index >= 15 is 0 Å². The molecule has 0 aromatic carbocycles. The van der Waals surface area contributed by atoms with Gasteiger partial charge in [0.2, 0.25) is 0 Å². The molecule has 1 aliphatic heterocycles. The second-order valence-corrected chi connectivity index (χ2v) is 6.06. The molecule has 6 nitrogen and oxygen atoms in total. The zero-order valence-electron chi connectivity index (χ0n) is 13.0. The second kappa shape index (κ2) is 5.87. The number of amides is 1. The van der Waals surface area contributed by atoms with Crippen molar-refractivity contribution in [2.75, 3.05) is 6.54 Å². The SMILES string of the molecule is CC(C)c1cc(C(=O)N2CCC[C@H](C(=O)O)[C@@H]2C)n(C)n1. The second-order valence-electron chi connectivity index (χ2n) is 6.06. The minimum Gasteiger partial charge on any atom is -0.481 e. The van der Waals surface area contributed by atoms with Gasteiger partial charge in [-0.3, -0.25) is 14.3 Å². The van der Waals surface area contributed by atoms with Gasteiger partial charge in [-0.05, 0) is 31.7 Å². The average Bonchev–Trinajstić information content (AvgIpc) is 2.80. The molecule has 0 bridgehead atoms. The van der Waals surface area contributed by atoms with E-state index in [1.54, 1.807) is 16.6 Å². The number of carboxylic acid groups (broad SMARTS) is 1. The first-order valence-corrected chi connectivity index (χ1v) is 7.40. The lowest BCUT2D eigenvalue weighted by Gasteiger charge is -2.37. The van der Waals surface area contributed by atoms with Crippen molar-refractivity contribution in [3.63, 3.8) is 0 Å². The molecule has 0 aliphatic carbocycles. The summed E-state index contributed by atoms with van der Waals surface area (Å²) in [6, 6.07) is 1.52. The zero-order chi connectivity index (χ0) is 15.7. The fourth-order valence-corrected chi connectivity index (χ4v) is 2.88. The van der Waals surface area contributed by atoms with Crippen LogP contribution in [0.5, 0.6) is 0 Å². The Kier molecular flexibility index (Phi) is 4.34. The Bertz CT molecular complexity index is 550. The number of nitrogens with zero attached hydrogens (tertiary/aromatic N) is 3. The molecule has 116 valence electrons. The number of likely N-dealkylation sites (tertiary alicyclic amines) is 1. The summed E-state index contributed by atoms with van der Waals surface area (Å²) < 4.78 is 1.59. The molecule has 1 N–H and O–H groups in total. The number of piperidine rings is 1. The van der Waals surface area contributed by atoms with Crippen molar-refractivity contribution in [1.82, 2.24) is 14.7 Å². The molecule has 0 radical (unpaired) electrons. The van der Waals surface area contributed by atoms with Crippen LogP contribution in [0.25, 0.3) is 0 Å². The maximum absolute atomic E-state index is 12.7. The van der Waals surface area contributed by atoms with Crippen molar-refractivity contribution in [2.45, 2.75) is 45.6 Å². The monoisotopic (exact) mass is 293 g/mol. The highest BCUT2D eigenvalue weighted by Gasteiger charge is 2.36. The highest BCUT2D eigenvalue weighted by Crippen LogP contribution is 2.26. The molecule has 2 rings (SSSR count). The van der Waals surface area contributed by atoms with Gasteiger partial charge in [-0.15, -0.1) is 0 Å². The van der Waals surface area contributed by atoms with E-state index in [0.29, 0.717) is 18.7 Å². The number of hydrogen-bond acceptors (Lipinski definition) is 3. The fraction of sp³-hybridized carbons (Fsp3) is 0.667. The van der Waals surface area contributed by atoms with Gasteiger partial charge in [0, 0.05) is 19.6 Å². The lowest BCUT2D eigenvalue weighted by molar-refractivity contribution is -0.144. The lowest BCUT2D eigenvalue weighted by atomic mass is 9.90. The van der Waals surface area contributed by atoms with E-state index < -0.39 is 11.9 Å². The Morgan fingerprint density at radius 3 is 2.62 bits per heavy atom. The van der Waals surface area contributed by atoms with Gasteiger partial charge in [-0.25, -0.2) is 0 Å². The van der Waals surface area contributed by atoms with Crippen molar-refractivity contribution in [3.8, 4) is 0 Å². The van der Waals surface area contributed by atoms with Crippen molar-refractivity contribution in [3.05, 3.63) is 17.5 Å². The quantitative estimate of drug-likeness (QED) is 0.923. The highest BCUT2D eigenvalue weighted by atomic mass is 16.4. The third-order valence-corrected chi connectivity index (χ3v) is 4.28. The minimum atomic E-state index is -0.826. The van der Waals surface area contributed by atoms with Crippen molar-refractivity contribution < 1.29 is 14.7 Å². The van der Waals surface area contributed by atoms with E-state index in [1.165, 1.54) is 0 Å². The van der Waals surface area contributed by atoms with Gasteiger partial charge in [-0.1, -0.05) is 13.8 Å². The largest absolute Gasteiger partial charge is 0.481 e. The maximum Gasteiger partial charge on any atom is 0.308 e. The molecule has 21 heavy (non-hydrogen) atoms. The zero-order valence-corrected chi connectivity index (χ0v) is 13.0. The van der Waals surface area contributed by atoms with Crippen molar-refractivity contribution in [1.29, 1.82) is 0 Å². The number of rotatable bonds is 3. The molecule has 1 saturated heterocycles. The molecule has 1 fully saturated rings. The third-order valence-electron chi connectivity index (χ3n) is 4.28. The molecule has 0 spiro atoms. The summed E-state index contributed by atoms with van der Waals surface area (Å²) in [5, 5.41) is 13.6. The number of aliphatic carboxylic acids is 1. The number of carboxylic acids is 1. The summed E-state index contributed by atoms with van der Waals surface area (Å²) in [6.07, 6.45) is 1.35. The van der Waals surface area contributed by atoms with E-state index in [9.17, 15) is 14.7 Å². The molecule has 1 aromatic heterocycles.